The first-order valence-corrected chi connectivity index (χ1v) is 6.57. The van der Waals surface area contributed by atoms with Crippen LogP contribution in [0, 0.1) is 20.8 Å². The largest absolute Gasteiger partial charge is 0.497 e. The van der Waals surface area contributed by atoms with Crippen LogP contribution in [-0.2, 0) is 0 Å². The number of nitrogens with zero attached hydrogens (tertiary/aromatic N) is 3. The van der Waals surface area contributed by atoms with E-state index in [1.807, 2.05) is 37.6 Å². The molecular weight excluding hydrogens is 250 g/mol. The van der Waals surface area contributed by atoms with Gasteiger partial charge in [-0.25, -0.2) is 9.67 Å². The lowest BCUT2D eigenvalue weighted by Crippen LogP contribution is -2.04. The highest BCUT2D eigenvalue weighted by atomic mass is 16.5. The summed E-state index contributed by atoms with van der Waals surface area (Å²) >= 11 is 0. The number of aryl methyl sites for hydroxylation is 3. The van der Waals surface area contributed by atoms with E-state index in [2.05, 4.69) is 28.3 Å². The minimum Gasteiger partial charge on any atom is -0.497 e. The van der Waals surface area contributed by atoms with Gasteiger partial charge in [0.2, 0.25) is 0 Å². The van der Waals surface area contributed by atoms with Crippen molar-refractivity contribution >= 4 is 10.8 Å². The Hall–Kier alpha value is -2.36. The fourth-order valence-corrected chi connectivity index (χ4v) is 2.47. The molecule has 102 valence electrons. The Bertz CT molecular complexity index is 790. The van der Waals surface area contributed by atoms with Gasteiger partial charge in [0.05, 0.1) is 12.8 Å². The molecule has 20 heavy (non-hydrogen) atoms. The molecule has 0 saturated carbocycles. The molecule has 3 rings (SSSR count). The molecule has 3 aromatic rings. The van der Waals surface area contributed by atoms with E-state index in [4.69, 9.17) is 4.74 Å². The molecule has 0 aliphatic heterocycles. The van der Waals surface area contributed by atoms with Crippen molar-refractivity contribution in [1.82, 2.24) is 14.8 Å². The van der Waals surface area contributed by atoms with E-state index in [9.17, 15) is 0 Å². The van der Waals surface area contributed by atoms with E-state index in [1.54, 1.807) is 7.11 Å². The lowest BCUT2D eigenvalue weighted by atomic mass is 10.1. The lowest BCUT2D eigenvalue weighted by molar-refractivity contribution is 0.415. The van der Waals surface area contributed by atoms with Gasteiger partial charge in [-0.05, 0) is 50.4 Å². The number of pyridine rings is 1. The van der Waals surface area contributed by atoms with E-state index >= 15 is 0 Å². The Labute approximate surface area is 118 Å². The molecule has 0 N–H and O–H groups in total. The van der Waals surface area contributed by atoms with Crippen LogP contribution in [0.25, 0.3) is 16.6 Å². The summed E-state index contributed by atoms with van der Waals surface area (Å²) < 4.78 is 7.21. The Balaban J connectivity index is 2.35. The normalized spacial score (nSPS) is 11.0. The fourth-order valence-electron chi connectivity index (χ4n) is 2.47. The molecule has 4 nitrogen and oxygen atoms in total. The predicted molar refractivity (Wildman–Crippen MR) is 79.6 cm³/mol. The molecule has 0 atom stereocenters. The molecule has 0 aliphatic carbocycles. The SMILES string of the molecule is COc1ccc2cc(C)nc(-n3nc(C)cc3C)c2c1. The summed E-state index contributed by atoms with van der Waals surface area (Å²) in [4.78, 5) is 4.67. The van der Waals surface area contributed by atoms with Crippen molar-refractivity contribution in [1.29, 1.82) is 0 Å². The first-order chi connectivity index (χ1) is 9.58. The molecule has 0 aliphatic rings. The van der Waals surface area contributed by atoms with Gasteiger partial charge in [-0.15, -0.1) is 0 Å². The molecular formula is C16H17N3O. The average Bonchev–Trinajstić information content (AvgIpc) is 2.76. The number of methoxy groups -OCH3 is 1. The maximum Gasteiger partial charge on any atom is 0.161 e. The third-order valence-corrected chi connectivity index (χ3v) is 3.36. The van der Waals surface area contributed by atoms with Gasteiger partial charge >= 0.3 is 0 Å². The molecule has 0 spiro atoms. The number of rotatable bonds is 2. The predicted octanol–water partition coefficient (Wildman–Crippen LogP) is 3.35. The molecule has 2 heterocycles. The van der Waals surface area contributed by atoms with Crippen molar-refractivity contribution in [3.63, 3.8) is 0 Å². The molecule has 0 fully saturated rings. The zero-order chi connectivity index (χ0) is 14.3. The highest BCUT2D eigenvalue weighted by molar-refractivity contribution is 5.90. The summed E-state index contributed by atoms with van der Waals surface area (Å²) in [6.45, 7) is 6.02. The van der Waals surface area contributed by atoms with Crippen LogP contribution in [0.1, 0.15) is 17.1 Å². The van der Waals surface area contributed by atoms with Crippen LogP contribution in [0.4, 0.5) is 0 Å². The Kier molecular flexibility index (Phi) is 2.93. The highest BCUT2D eigenvalue weighted by Crippen LogP contribution is 2.26. The Morgan fingerprint density at radius 1 is 1.00 bits per heavy atom. The van der Waals surface area contributed by atoms with Crippen LogP contribution >= 0.6 is 0 Å². The average molecular weight is 267 g/mol. The van der Waals surface area contributed by atoms with Gasteiger partial charge in [0.25, 0.3) is 0 Å². The zero-order valence-electron chi connectivity index (χ0n) is 12.1. The Morgan fingerprint density at radius 2 is 1.80 bits per heavy atom. The first-order valence-electron chi connectivity index (χ1n) is 6.57. The Morgan fingerprint density at radius 3 is 2.45 bits per heavy atom. The lowest BCUT2D eigenvalue weighted by Gasteiger charge is -2.10. The van der Waals surface area contributed by atoms with Gasteiger partial charge in [0, 0.05) is 16.8 Å². The first kappa shape index (κ1) is 12.7. The fraction of sp³-hybridized carbons (Fsp3) is 0.250. The summed E-state index contributed by atoms with van der Waals surface area (Å²) in [6, 6.07) is 10.2. The van der Waals surface area contributed by atoms with Crippen LogP contribution in [0.2, 0.25) is 0 Å². The van der Waals surface area contributed by atoms with Crippen LogP contribution in [0.5, 0.6) is 5.75 Å². The second kappa shape index (κ2) is 4.63. The summed E-state index contributed by atoms with van der Waals surface area (Å²) in [5.41, 5.74) is 3.04. The molecule has 0 radical (unpaired) electrons. The highest BCUT2D eigenvalue weighted by Gasteiger charge is 2.11. The van der Waals surface area contributed by atoms with E-state index in [-0.39, 0.29) is 0 Å². The number of hydrogen-bond acceptors (Lipinski definition) is 3. The van der Waals surface area contributed by atoms with Crippen molar-refractivity contribution in [2.45, 2.75) is 20.8 Å². The summed E-state index contributed by atoms with van der Waals surface area (Å²) in [6.07, 6.45) is 0. The zero-order valence-corrected chi connectivity index (χ0v) is 12.1. The van der Waals surface area contributed by atoms with Crippen molar-refractivity contribution in [3.8, 4) is 11.6 Å². The second-order valence-corrected chi connectivity index (χ2v) is 5.01. The minimum absolute atomic E-state index is 0.825. The molecule has 2 aromatic heterocycles. The van der Waals surface area contributed by atoms with E-state index < -0.39 is 0 Å². The molecule has 0 saturated heterocycles. The number of aromatic nitrogens is 3. The maximum absolute atomic E-state index is 5.32. The van der Waals surface area contributed by atoms with Crippen molar-refractivity contribution in [2.75, 3.05) is 7.11 Å². The molecule has 4 heteroatoms. The van der Waals surface area contributed by atoms with Crippen LogP contribution in [0.3, 0.4) is 0 Å². The van der Waals surface area contributed by atoms with Gasteiger partial charge < -0.3 is 4.74 Å². The van der Waals surface area contributed by atoms with Crippen molar-refractivity contribution < 1.29 is 4.74 Å². The van der Waals surface area contributed by atoms with Crippen molar-refractivity contribution in [2.24, 2.45) is 0 Å². The minimum atomic E-state index is 0.825. The van der Waals surface area contributed by atoms with Gasteiger partial charge in [-0.1, -0.05) is 6.07 Å². The summed E-state index contributed by atoms with van der Waals surface area (Å²) in [5.74, 6) is 1.68. The maximum atomic E-state index is 5.32. The van der Waals surface area contributed by atoms with Gasteiger partial charge in [-0.3, -0.25) is 0 Å². The molecule has 1 aromatic carbocycles. The number of benzene rings is 1. The second-order valence-electron chi connectivity index (χ2n) is 5.01. The molecule has 0 bridgehead atoms. The van der Waals surface area contributed by atoms with Crippen LogP contribution in [-0.4, -0.2) is 21.9 Å². The third kappa shape index (κ3) is 2.03. The summed E-state index contributed by atoms with van der Waals surface area (Å²) in [5, 5.41) is 6.72. The third-order valence-electron chi connectivity index (χ3n) is 3.36. The van der Waals surface area contributed by atoms with Gasteiger partial charge in [0.1, 0.15) is 5.75 Å². The number of fused-ring (bicyclic) bond motifs is 1. The van der Waals surface area contributed by atoms with E-state index in [0.717, 1.165) is 39.4 Å². The van der Waals surface area contributed by atoms with Gasteiger partial charge in [0.15, 0.2) is 5.82 Å². The van der Waals surface area contributed by atoms with Crippen LogP contribution in [0.15, 0.2) is 30.3 Å². The quantitative estimate of drug-likeness (QED) is 0.715. The topological polar surface area (TPSA) is 39.9 Å². The smallest absolute Gasteiger partial charge is 0.161 e. The summed E-state index contributed by atoms with van der Waals surface area (Å²) in [7, 11) is 1.67. The van der Waals surface area contributed by atoms with Crippen LogP contribution < -0.4 is 4.74 Å². The van der Waals surface area contributed by atoms with E-state index in [1.165, 1.54) is 0 Å². The molecule has 0 amide bonds. The number of hydrogen-bond donors (Lipinski definition) is 0. The number of ether oxygens (including phenoxy) is 1. The van der Waals surface area contributed by atoms with Crippen molar-refractivity contribution in [3.05, 3.63) is 47.4 Å². The standard InChI is InChI=1S/C16H17N3O/c1-10-8-13-5-6-14(20-4)9-15(13)16(17-10)19-12(3)7-11(2)18-19/h5-9H,1-4H3. The monoisotopic (exact) mass is 267 g/mol. The van der Waals surface area contributed by atoms with Gasteiger partial charge in [-0.2, -0.15) is 5.10 Å². The van der Waals surface area contributed by atoms with E-state index in [0.29, 0.717) is 0 Å². The molecule has 0 unspecified atom stereocenters.